The molecule has 13 heavy (non-hydrogen) atoms. The SMILES string of the molecule is Cc1cc(C(=O)O)nc(C(=O)O)n1. The van der Waals surface area contributed by atoms with Crippen LogP contribution in [-0.2, 0) is 0 Å². The van der Waals surface area contributed by atoms with E-state index in [1.807, 2.05) is 0 Å². The van der Waals surface area contributed by atoms with Crippen molar-refractivity contribution in [3.8, 4) is 0 Å². The minimum atomic E-state index is -1.34. The Labute approximate surface area is 72.9 Å². The normalized spacial score (nSPS) is 9.62. The standard InChI is InChI=1S/C7H6N2O4/c1-3-2-4(6(10)11)9-5(8-3)7(12)13/h2H,1H3,(H,10,11)(H,12,13). The molecular formula is C7H6N2O4. The first-order valence-electron chi connectivity index (χ1n) is 3.33. The van der Waals surface area contributed by atoms with E-state index in [1.54, 1.807) is 0 Å². The number of aromatic carboxylic acids is 2. The number of aryl methyl sites for hydroxylation is 1. The second-order valence-corrected chi connectivity index (χ2v) is 2.33. The van der Waals surface area contributed by atoms with E-state index in [0.29, 0.717) is 5.69 Å². The van der Waals surface area contributed by atoms with Crippen molar-refractivity contribution >= 4 is 11.9 Å². The van der Waals surface area contributed by atoms with Gasteiger partial charge in [-0.3, -0.25) is 0 Å². The molecule has 0 atom stereocenters. The fraction of sp³-hybridized carbons (Fsp3) is 0.143. The van der Waals surface area contributed by atoms with Crippen molar-refractivity contribution in [1.82, 2.24) is 9.97 Å². The molecule has 1 heterocycles. The van der Waals surface area contributed by atoms with Crippen LogP contribution in [0.15, 0.2) is 6.07 Å². The molecule has 6 heteroatoms. The molecule has 0 saturated heterocycles. The molecule has 0 aliphatic carbocycles. The average molecular weight is 182 g/mol. The van der Waals surface area contributed by atoms with E-state index in [1.165, 1.54) is 13.0 Å². The van der Waals surface area contributed by atoms with E-state index >= 15 is 0 Å². The van der Waals surface area contributed by atoms with Gasteiger partial charge in [-0.1, -0.05) is 0 Å². The van der Waals surface area contributed by atoms with Crippen LogP contribution in [0, 0.1) is 6.92 Å². The van der Waals surface area contributed by atoms with Crippen molar-refractivity contribution in [2.24, 2.45) is 0 Å². The molecule has 0 fully saturated rings. The number of hydrogen-bond donors (Lipinski definition) is 2. The summed E-state index contributed by atoms with van der Waals surface area (Å²) in [6.45, 7) is 1.50. The molecule has 6 nitrogen and oxygen atoms in total. The number of carbonyl (C=O) groups is 2. The Balaban J connectivity index is 3.26. The van der Waals surface area contributed by atoms with Crippen LogP contribution in [0.5, 0.6) is 0 Å². The number of carboxylic acids is 2. The zero-order valence-electron chi connectivity index (χ0n) is 6.68. The monoisotopic (exact) mass is 182 g/mol. The largest absolute Gasteiger partial charge is 0.477 e. The summed E-state index contributed by atoms with van der Waals surface area (Å²) in [6, 6.07) is 1.20. The van der Waals surface area contributed by atoms with E-state index < -0.39 is 17.8 Å². The van der Waals surface area contributed by atoms with Crippen LogP contribution < -0.4 is 0 Å². The van der Waals surface area contributed by atoms with Gasteiger partial charge in [-0.15, -0.1) is 0 Å². The number of nitrogens with zero attached hydrogens (tertiary/aromatic N) is 2. The summed E-state index contributed by atoms with van der Waals surface area (Å²) in [7, 11) is 0. The summed E-state index contributed by atoms with van der Waals surface area (Å²) in [5.41, 5.74) is -0.00491. The van der Waals surface area contributed by atoms with E-state index in [-0.39, 0.29) is 5.69 Å². The highest BCUT2D eigenvalue weighted by atomic mass is 16.4. The zero-order valence-corrected chi connectivity index (χ0v) is 6.68. The van der Waals surface area contributed by atoms with Crippen LogP contribution >= 0.6 is 0 Å². The fourth-order valence-electron chi connectivity index (χ4n) is 0.774. The summed E-state index contributed by atoms with van der Waals surface area (Å²) in [4.78, 5) is 27.7. The van der Waals surface area contributed by atoms with Crippen molar-refractivity contribution in [2.75, 3.05) is 0 Å². The van der Waals surface area contributed by atoms with Gasteiger partial charge in [0.15, 0.2) is 5.69 Å². The second-order valence-electron chi connectivity index (χ2n) is 2.33. The summed E-state index contributed by atoms with van der Waals surface area (Å²) < 4.78 is 0. The zero-order chi connectivity index (χ0) is 10.0. The minimum Gasteiger partial charge on any atom is -0.477 e. The number of hydrogen-bond acceptors (Lipinski definition) is 4. The summed E-state index contributed by atoms with van der Waals surface area (Å²) in [5, 5.41) is 17.0. The van der Waals surface area contributed by atoms with Gasteiger partial charge in [0.25, 0.3) is 0 Å². The Kier molecular flexibility index (Phi) is 2.23. The first-order valence-corrected chi connectivity index (χ1v) is 3.33. The van der Waals surface area contributed by atoms with Gasteiger partial charge in [0.1, 0.15) is 0 Å². The van der Waals surface area contributed by atoms with Crippen molar-refractivity contribution in [3.05, 3.63) is 23.3 Å². The van der Waals surface area contributed by atoms with Crippen molar-refractivity contribution in [1.29, 1.82) is 0 Å². The lowest BCUT2D eigenvalue weighted by Crippen LogP contribution is -2.10. The lowest BCUT2D eigenvalue weighted by Gasteiger charge is -1.97. The first-order chi connectivity index (χ1) is 6.00. The van der Waals surface area contributed by atoms with Gasteiger partial charge >= 0.3 is 11.9 Å². The molecule has 0 unspecified atom stereocenters. The predicted molar refractivity (Wildman–Crippen MR) is 40.7 cm³/mol. The number of rotatable bonds is 2. The van der Waals surface area contributed by atoms with Gasteiger partial charge in [0, 0.05) is 5.69 Å². The highest BCUT2D eigenvalue weighted by Crippen LogP contribution is 2.00. The molecule has 68 valence electrons. The Hall–Kier alpha value is -1.98. The molecule has 2 N–H and O–H groups in total. The third-order valence-corrected chi connectivity index (χ3v) is 1.26. The Morgan fingerprint density at radius 1 is 1.23 bits per heavy atom. The molecule has 1 aromatic heterocycles. The molecule has 1 rings (SSSR count). The summed E-state index contributed by atoms with van der Waals surface area (Å²) >= 11 is 0. The van der Waals surface area contributed by atoms with E-state index in [0.717, 1.165) is 0 Å². The predicted octanol–water partition coefficient (Wildman–Crippen LogP) is 0.181. The van der Waals surface area contributed by atoms with Gasteiger partial charge in [0.2, 0.25) is 5.82 Å². The Morgan fingerprint density at radius 2 is 1.85 bits per heavy atom. The lowest BCUT2D eigenvalue weighted by atomic mass is 10.3. The molecule has 0 aliphatic heterocycles. The van der Waals surface area contributed by atoms with Crippen molar-refractivity contribution < 1.29 is 19.8 Å². The second kappa shape index (κ2) is 3.18. The van der Waals surface area contributed by atoms with E-state index in [2.05, 4.69) is 9.97 Å². The van der Waals surface area contributed by atoms with E-state index in [4.69, 9.17) is 10.2 Å². The molecule has 0 amide bonds. The quantitative estimate of drug-likeness (QED) is 0.676. The molecular weight excluding hydrogens is 176 g/mol. The third-order valence-electron chi connectivity index (χ3n) is 1.26. The van der Waals surface area contributed by atoms with Crippen LogP contribution in [0.3, 0.4) is 0 Å². The highest BCUT2D eigenvalue weighted by molar-refractivity contribution is 5.88. The smallest absolute Gasteiger partial charge is 0.373 e. The maximum atomic E-state index is 10.4. The topological polar surface area (TPSA) is 100 Å². The Morgan fingerprint density at radius 3 is 2.31 bits per heavy atom. The molecule has 0 aliphatic rings. The molecule has 0 spiro atoms. The third kappa shape index (κ3) is 1.98. The molecule has 0 aromatic carbocycles. The number of aromatic nitrogens is 2. The molecule has 0 bridgehead atoms. The molecule has 1 aromatic rings. The van der Waals surface area contributed by atoms with Crippen LogP contribution in [-0.4, -0.2) is 32.1 Å². The van der Waals surface area contributed by atoms with Gasteiger partial charge in [-0.05, 0) is 13.0 Å². The van der Waals surface area contributed by atoms with Gasteiger partial charge < -0.3 is 10.2 Å². The average Bonchev–Trinajstić information content (AvgIpc) is 2.03. The van der Waals surface area contributed by atoms with Gasteiger partial charge in [-0.25, -0.2) is 19.6 Å². The Bertz CT molecular complexity index is 343. The van der Waals surface area contributed by atoms with Gasteiger partial charge in [0.05, 0.1) is 0 Å². The molecule has 0 radical (unpaired) electrons. The minimum absolute atomic E-state index is 0.310. The van der Waals surface area contributed by atoms with Gasteiger partial charge in [-0.2, -0.15) is 0 Å². The van der Waals surface area contributed by atoms with Crippen LogP contribution in [0.4, 0.5) is 0 Å². The summed E-state index contributed by atoms with van der Waals surface area (Å²) in [5.74, 6) is -3.11. The first kappa shape index (κ1) is 9.11. The highest BCUT2D eigenvalue weighted by Gasteiger charge is 2.12. The van der Waals surface area contributed by atoms with E-state index in [9.17, 15) is 9.59 Å². The van der Waals surface area contributed by atoms with Crippen LogP contribution in [0.25, 0.3) is 0 Å². The van der Waals surface area contributed by atoms with Crippen molar-refractivity contribution in [2.45, 2.75) is 6.92 Å². The summed E-state index contributed by atoms with van der Waals surface area (Å²) in [6.07, 6.45) is 0. The number of carboxylic acid groups (broad SMARTS) is 2. The maximum absolute atomic E-state index is 10.4. The maximum Gasteiger partial charge on any atom is 0.373 e. The van der Waals surface area contributed by atoms with Crippen molar-refractivity contribution in [3.63, 3.8) is 0 Å². The molecule has 0 saturated carbocycles. The van der Waals surface area contributed by atoms with Crippen LogP contribution in [0.1, 0.15) is 26.8 Å². The fourth-order valence-corrected chi connectivity index (χ4v) is 0.774. The van der Waals surface area contributed by atoms with Crippen LogP contribution in [0.2, 0.25) is 0 Å². The lowest BCUT2D eigenvalue weighted by molar-refractivity contribution is 0.0679.